The van der Waals surface area contributed by atoms with Gasteiger partial charge in [-0.2, -0.15) is 0 Å². The van der Waals surface area contributed by atoms with E-state index in [4.69, 9.17) is 4.74 Å². The van der Waals surface area contributed by atoms with Gasteiger partial charge in [0.1, 0.15) is 5.75 Å². The van der Waals surface area contributed by atoms with Gasteiger partial charge in [-0.1, -0.05) is 12.1 Å². The Morgan fingerprint density at radius 1 is 1.38 bits per heavy atom. The van der Waals surface area contributed by atoms with Crippen molar-refractivity contribution in [3.63, 3.8) is 0 Å². The van der Waals surface area contributed by atoms with Crippen molar-refractivity contribution in [1.29, 1.82) is 0 Å². The number of methoxy groups -OCH3 is 1. The number of carbonyl (C=O) groups is 1. The second-order valence-corrected chi connectivity index (χ2v) is 3.79. The zero-order valence-electron chi connectivity index (χ0n) is 9.32. The lowest BCUT2D eigenvalue weighted by molar-refractivity contribution is -0.115. The van der Waals surface area contributed by atoms with Gasteiger partial charge in [-0.3, -0.25) is 4.79 Å². The predicted molar refractivity (Wildman–Crippen MR) is 63.6 cm³/mol. The molecule has 0 amide bonds. The molecule has 0 aliphatic heterocycles. The Morgan fingerprint density at radius 3 is 3.00 bits per heavy atom. The van der Waals surface area contributed by atoms with Crippen molar-refractivity contribution in [1.82, 2.24) is 0 Å². The van der Waals surface area contributed by atoms with Gasteiger partial charge in [-0.15, -0.1) is 0 Å². The molecule has 1 aliphatic rings. The Bertz CT molecular complexity index is 424. The van der Waals surface area contributed by atoms with Crippen molar-refractivity contribution in [2.75, 3.05) is 12.4 Å². The number of nitrogens with one attached hydrogen (secondary N) is 1. The number of carbonyl (C=O) groups excluding carboxylic acids is 1. The maximum atomic E-state index is 11.6. The van der Waals surface area contributed by atoms with E-state index < -0.39 is 0 Å². The fraction of sp³-hybridized carbons (Fsp3) is 0.308. The van der Waals surface area contributed by atoms with E-state index in [9.17, 15) is 4.79 Å². The minimum Gasteiger partial charge on any atom is -0.497 e. The third-order valence-electron chi connectivity index (χ3n) is 2.61. The van der Waals surface area contributed by atoms with Crippen molar-refractivity contribution >= 4 is 11.5 Å². The smallest absolute Gasteiger partial charge is 0.178 e. The van der Waals surface area contributed by atoms with Crippen molar-refractivity contribution in [3.8, 4) is 5.75 Å². The lowest BCUT2D eigenvalue weighted by Gasteiger charge is -2.14. The van der Waals surface area contributed by atoms with Gasteiger partial charge in [0, 0.05) is 18.2 Å². The molecule has 0 radical (unpaired) electrons. The van der Waals surface area contributed by atoms with Crippen molar-refractivity contribution in [2.24, 2.45) is 0 Å². The first-order valence-corrected chi connectivity index (χ1v) is 5.44. The first kappa shape index (κ1) is 10.7. The van der Waals surface area contributed by atoms with Crippen LogP contribution in [0, 0.1) is 0 Å². The standard InChI is InChI=1S/C13H15NO2/c1-16-11-6-4-5-10(9-11)14-12-7-2-3-8-13(12)15/h4-7,9,14H,2-3,8H2,1H3. The fourth-order valence-corrected chi connectivity index (χ4v) is 1.73. The lowest BCUT2D eigenvalue weighted by Crippen LogP contribution is -2.14. The molecule has 1 aromatic carbocycles. The van der Waals surface area contributed by atoms with Crippen LogP contribution in [0.5, 0.6) is 5.75 Å². The van der Waals surface area contributed by atoms with Crippen LogP contribution in [-0.4, -0.2) is 12.9 Å². The molecule has 3 heteroatoms. The Labute approximate surface area is 95.1 Å². The number of rotatable bonds is 3. The molecule has 2 rings (SSSR count). The van der Waals surface area contributed by atoms with E-state index in [2.05, 4.69) is 5.32 Å². The zero-order chi connectivity index (χ0) is 11.4. The molecule has 1 aliphatic carbocycles. The highest BCUT2D eigenvalue weighted by atomic mass is 16.5. The van der Waals surface area contributed by atoms with E-state index in [1.807, 2.05) is 30.3 Å². The topological polar surface area (TPSA) is 38.3 Å². The summed E-state index contributed by atoms with van der Waals surface area (Å²) in [7, 11) is 1.63. The summed E-state index contributed by atoms with van der Waals surface area (Å²) < 4.78 is 5.13. The van der Waals surface area contributed by atoms with Crippen LogP contribution in [0.15, 0.2) is 36.0 Å². The molecule has 16 heavy (non-hydrogen) atoms. The second kappa shape index (κ2) is 4.84. The molecule has 0 unspecified atom stereocenters. The second-order valence-electron chi connectivity index (χ2n) is 3.79. The Kier molecular flexibility index (Phi) is 3.25. The number of hydrogen-bond donors (Lipinski definition) is 1. The third kappa shape index (κ3) is 2.42. The first-order chi connectivity index (χ1) is 7.79. The molecule has 1 aromatic rings. The number of allylic oxidation sites excluding steroid dienone is 2. The van der Waals surface area contributed by atoms with Crippen LogP contribution >= 0.6 is 0 Å². The highest BCUT2D eigenvalue weighted by Gasteiger charge is 2.13. The summed E-state index contributed by atoms with van der Waals surface area (Å²) in [5.41, 5.74) is 1.60. The molecule has 0 heterocycles. The van der Waals surface area contributed by atoms with E-state index in [1.165, 1.54) is 0 Å². The van der Waals surface area contributed by atoms with Gasteiger partial charge in [0.25, 0.3) is 0 Å². The summed E-state index contributed by atoms with van der Waals surface area (Å²) >= 11 is 0. The van der Waals surface area contributed by atoms with Crippen LogP contribution in [0.4, 0.5) is 5.69 Å². The van der Waals surface area contributed by atoms with E-state index in [0.29, 0.717) is 12.1 Å². The van der Waals surface area contributed by atoms with Gasteiger partial charge in [0.15, 0.2) is 5.78 Å². The molecule has 1 N–H and O–H groups in total. The minimum absolute atomic E-state index is 0.189. The fourth-order valence-electron chi connectivity index (χ4n) is 1.73. The van der Waals surface area contributed by atoms with E-state index in [0.717, 1.165) is 24.3 Å². The molecule has 0 bridgehead atoms. The summed E-state index contributed by atoms with van der Waals surface area (Å²) in [6, 6.07) is 7.57. The van der Waals surface area contributed by atoms with Gasteiger partial charge in [-0.05, 0) is 25.0 Å². The number of benzene rings is 1. The van der Waals surface area contributed by atoms with E-state index >= 15 is 0 Å². The number of anilines is 1. The molecule has 3 nitrogen and oxygen atoms in total. The van der Waals surface area contributed by atoms with Gasteiger partial charge >= 0.3 is 0 Å². The molecule has 0 aromatic heterocycles. The summed E-state index contributed by atoms with van der Waals surface area (Å²) in [5.74, 6) is 0.975. The van der Waals surface area contributed by atoms with Crippen molar-refractivity contribution in [2.45, 2.75) is 19.3 Å². The molecule has 0 spiro atoms. The largest absolute Gasteiger partial charge is 0.497 e. The number of hydrogen-bond acceptors (Lipinski definition) is 3. The average molecular weight is 217 g/mol. The van der Waals surface area contributed by atoms with Crippen LogP contribution in [0.1, 0.15) is 19.3 Å². The number of Topliss-reactive ketones (excluding diaryl/α,β-unsaturated/α-hetero) is 1. The van der Waals surface area contributed by atoms with E-state index in [1.54, 1.807) is 7.11 Å². The van der Waals surface area contributed by atoms with Crippen LogP contribution < -0.4 is 10.1 Å². The molecule has 0 saturated carbocycles. The number of ether oxygens (including phenoxy) is 1. The summed E-state index contributed by atoms with van der Waals surface area (Å²) in [6.07, 6.45) is 4.54. The highest BCUT2D eigenvalue weighted by molar-refractivity contribution is 5.98. The quantitative estimate of drug-likeness (QED) is 0.846. The molecule has 0 atom stereocenters. The molecule has 0 saturated heterocycles. The monoisotopic (exact) mass is 217 g/mol. The van der Waals surface area contributed by atoms with Gasteiger partial charge in [-0.25, -0.2) is 0 Å². The SMILES string of the molecule is COc1cccc(NC2=CCCCC2=O)c1. The summed E-state index contributed by atoms with van der Waals surface area (Å²) in [5, 5.41) is 3.14. The minimum atomic E-state index is 0.189. The normalized spacial score (nSPS) is 15.6. The Hall–Kier alpha value is -1.77. The first-order valence-electron chi connectivity index (χ1n) is 5.44. The highest BCUT2D eigenvalue weighted by Crippen LogP contribution is 2.21. The van der Waals surface area contributed by atoms with Crippen LogP contribution in [0.3, 0.4) is 0 Å². The maximum Gasteiger partial charge on any atom is 0.178 e. The molecule has 84 valence electrons. The number of ketones is 1. The summed E-state index contributed by atoms with van der Waals surface area (Å²) in [6.45, 7) is 0. The van der Waals surface area contributed by atoms with Gasteiger partial charge < -0.3 is 10.1 Å². The van der Waals surface area contributed by atoms with Gasteiger partial charge in [0.2, 0.25) is 0 Å². The third-order valence-corrected chi connectivity index (χ3v) is 2.61. The van der Waals surface area contributed by atoms with Crippen LogP contribution in [0.2, 0.25) is 0 Å². The lowest BCUT2D eigenvalue weighted by atomic mass is 10.0. The maximum absolute atomic E-state index is 11.6. The van der Waals surface area contributed by atoms with Crippen LogP contribution in [0.25, 0.3) is 0 Å². The Balaban J connectivity index is 2.13. The predicted octanol–water partition coefficient (Wildman–Crippen LogP) is 2.74. The average Bonchev–Trinajstić information content (AvgIpc) is 2.32. The summed E-state index contributed by atoms with van der Waals surface area (Å²) in [4.78, 5) is 11.6. The Morgan fingerprint density at radius 2 is 2.25 bits per heavy atom. The zero-order valence-corrected chi connectivity index (χ0v) is 9.32. The molecule has 0 fully saturated rings. The molecular weight excluding hydrogens is 202 g/mol. The molecular formula is C13H15NO2. The van der Waals surface area contributed by atoms with Crippen molar-refractivity contribution < 1.29 is 9.53 Å². The van der Waals surface area contributed by atoms with Crippen LogP contribution in [-0.2, 0) is 4.79 Å². The van der Waals surface area contributed by atoms with E-state index in [-0.39, 0.29) is 5.78 Å². The van der Waals surface area contributed by atoms with Crippen molar-refractivity contribution in [3.05, 3.63) is 36.0 Å². The van der Waals surface area contributed by atoms with Gasteiger partial charge in [0.05, 0.1) is 12.8 Å².